The molecule has 164 valence electrons. The van der Waals surface area contributed by atoms with E-state index in [9.17, 15) is 14.4 Å². The zero-order valence-corrected chi connectivity index (χ0v) is 17.8. The van der Waals surface area contributed by atoms with Gasteiger partial charge in [0.2, 0.25) is 0 Å². The van der Waals surface area contributed by atoms with Crippen molar-refractivity contribution in [3.63, 3.8) is 0 Å². The maximum absolute atomic E-state index is 11.6. The number of nitrogens with zero attached hydrogens (tertiary/aromatic N) is 1. The monoisotopic (exact) mass is 414 g/mol. The molecular weight excluding hydrogens is 382 g/mol. The second-order valence-corrected chi connectivity index (χ2v) is 7.60. The molecule has 0 bridgehead atoms. The Morgan fingerprint density at radius 1 is 1.00 bits per heavy atom. The van der Waals surface area contributed by atoms with Crippen LogP contribution in [-0.4, -0.2) is 87.4 Å². The quantitative estimate of drug-likeness (QED) is 0.169. The molecule has 1 saturated heterocycles. The highest BCUT2D eigenvalue weighted by Gasteiger charge is 2.47. The molecule has 0 aromatic rings. The smallest absolute Gasteiger partial charge is 0.303 e. The van der Waals surface area contributed by atoms with Gasteiger partial charge in [-0.3, -0.25) is 14.4 Å². The van der Waals surface area contributed by atoms with Gasteiger partial charge in [0.25, 0.3) is 0 Å². The number of hydrogen-bond donors (Lipinski definition) is 0. The summed E-state index contributed by atoms with van der Waals surface area (Å²) in [5.74, 6) is 0.898. The van der Waals surface area contributed by atoms with Crippen molar-refractivity contribution >= 4 is 17.9 Å². The summed E-state index contributed by atoms with van der Waals surface area (Å²) in [5, 5.41) is 0. The van der Waals surface area contributed by atoms with Gasteiger partial charge in [-0.25, -0.2) is 0 Å². The Morgan fingerprint density at radius 2 is 1.59 bits per heavy atom. The standard InChI is InChI=1S/C20H32NO8/c1-7-10-21(5,6)11-8-9-12-25-20-19(29-16(4)24)18(28-15(3)23)17(13-26-20)27-14(2)22/h1,17-20H,8-13H2,2-6H3/q+1/t17-,18-,19-,20-/m0/s1. The van der Waals surface area contributed by atoms with Crippen molar-refractivity contribution in [2.45, 2.75) is 58.2 Å². The summed E-state index contributed by atoms with van der Waals surface area (Å²) in [7, 11) is 4.11. The topological polar surface area (TPSA) is 97.4 Å². The molecule has 1 fully saturated rings. The maximum atomic E-state index is 11.6. The minimum absolute atomic E-state index is 0.0496. The molecular formula is C20H32NO8+. The number of unbranched alkanes of at least 4 members (excludes halogenated alkanes) is 1. The van der Waals surface area contributed by atoms with E-state index in [4.69, 9.17) is 30.1 Å². The van der Waals surface area contributed by atoms with Gasteiger partial charge in [0, 0.05) is 20.8 Å². The van der Waals surface area contributed by atoms with Gasteiger partial charge in [-0.15, -0.1) is 6.42 Å². The van der Waals surface area contributed by atoms with Gasteiger partial charge in [-0.1, -0.05) is 0 Å². The Hall–Kier alpha value is -2.15. The van der Waals surface area contributed by atoms with Gasteiger partial charge >= 0.3 is 17.9 Å². The highest BCUT2D eigenvalue weighted by atomic mass is 16.7. The van der Waals surface area contributed by atoms with Crippen LogP contribution in [0.15, 0.2) is 0 Å². The zero-order valence-electron chi connectivity index (χ0n) is 17.8. The lowest BCUT2D eigenvalue weighted by molar-refractivity contribution is -0.883. The van der Waals surface area contributed by atoms with Crippen LogP contribution in [0.4, 0.5) is 0 Å². The first kappa shape index (κ1) is 24.9. The van der Waals surface area contributed by atoms with Crippen molar-refractivity contribution in [2.24, 2.45) is 0 Å². The normalized spacial score (nSPS) is 24.3. The van der Waals surface area contributed by atoms with E-state index in [1.54, 1.807) is 0 Å². The molecule has 0 aromatic carbocycles. The van der Waals surface area contributed by atoms with Crippen LogP contribution in [0, 0.1) is 12.3 Å². The van der Waals surface area contributed by atoms with Crippen LogP contribution in [-0.2, 0) is 38.1 Å². The number of esters is 3. The zero-order chi connectivity index (χ0) is 22.0. The van der Waals surface area contributed by atoms with Gasteiger partial charge in [0.05, 0.1) is 33.9 Å². The van der Waals surface area contributed by atoms with Crippen molar-refractivity contribution in [1.82, 2.24) is 0 Å². The molecule has 0 aromatic heterocycles. The number of carbonyl (C=O) groups excluding carboxylic acids is 3. The Labute approximate surface area is 172 Å². The Kier molecular flexibility index (Phi) is 10.1. The third-order valence-corrected chi connectivity index (χ3v) is 4.26. The SMILES string of the molecule is C#CC[N+](C)(C)CCCCO[C@H]1OC[C@H](OC(C)=O)[C@H](OC(C)=O)[C@@H]1OC(C)=O. The van der Waals surface area contributed by atoms with E-state index in [-0.39, 0.29) is 6.61 Å². The highest BCUT2D eigenvalue weighted by molar-refractivity contribution is 5.68. The van der Waals surface area contributed by atoms with E-state index in [2.05, 4.69) is 20.0 Å². The molecule has 0 saturated carbocycles. The summed E-state index contributed by atoms with van der Waals surface area (Å²) >= 11 is 0. The van der Waals surface area contributed by atoms with Crippen molar-refractivity contribution in [3.8, 4) is 12.3 Å². The lowest BCUT2D eigenvalue weighted by Crippen LogP contribution is -2.58. The minimum atomic E-state index is -1.05. The van der Waals surface area contributed by atoms with Crippen molar-refractivity contribution in [3.05, 3.63) is 0 Å². The molecule has 9 nitrogen and oxygen atoms in total. The third-order valence-electron chi connectivity index (χ3n) is 4.26. The second kappa shape index (κ2) is 11.8. The third kappa shape index (κ3) is 9.26. The summed E-state index contributed by atoms with van der Waals surface area (Å²) in [6.07, 6.45) is 3.07. The number of rotatable bonds is 10. The molecule has 0 N–H and O–H groups in total. The summed E-state index contributed by atoms with van der Waals surface area (Å²) in [6.45, 7) is 5.50. The summed E-state index contributed by atoms with van der Waals surface area (Å²) in [6, 6.07) is 0. The number of terminal acetylenes is 1. The predicted octanol–water partition coefficient (Wildman–Crippen LogP) is 0.644. The van der Waals surface area contributed by atoms with Crippen LogP contribution in [0.2, 0.25) is 0 Å². The van der Waals surface area contributed by atoms with Crippen molar-refractivity contribution in [2.75, 3.05) is 40.4 Å². The Morgan fingerprint density at radius 3 is 2.14 bits per heavy atom. The van der Waals surface area contributed by atoms with Crippen LogP contribution >= 0.6 is 0 Å². The molecule has 1 heterocycles. The van der Waals surface area contributed by atoms with E-state index in [1.165, 1.54) is 20.8 Å². The molecule has 0 unspecified atom stereocenters. The summed E-state index contributed by atoms with van der Waals surface area (Å²) in [5.41, 5.74) is 0. The van der Waals surface area contributed by atoms with E-state index >= 15 is 0 Å². The van der Waals surface area contributed by atoms with E-state index in [1.807, 2.05) is 0 Å². The summed E-state index contributed by atoms with van der Waals surface area (Å²) in [4.78, 5) is 34.4. The minimum Gasteiger partial charge on any atom is -0.456 e. The van der Waals surface area contributed by atoms with Gasteiger partial charge in [-0.2, -0.15) is 0 Å². The van der Waals surface area contributed by atoms with Crippen LogP contribution in [0.1, 0.15) is 33.6 Å². The van der Waals surface area contributed by atoms with Crippen LogP contribution in [0.25, 0.3) is 0 Å². The van der Waals surface area contributed by atoms with Crippen LogP contribution < -0.4 is 0 Å². The highest BCUT2D eigenvalue weighted by Crippen LogP contribution is 2.25. The first-order chi connectivity index (χ1) is 13.6. The fourth-order valence-corrected chi connectivity index (χ4v) is 3.02. The number of quaternary nitrogens is 1. The molecule has 29 heavy (non-hydrogen) atoms. The molecule has 0 spiro atoms. The van der Waals surface area contributed by atoms with Gasteiger partial charge in [0.1, 0.15) is 6.54 Å². The summed E-state index contributed by atoms with van der Waals surface area (Å²) < 4.78 is 27.8. The largest absolute Gasteiger partial charge is 0.456 e. The second-order valence-electron chi connectivity index (χ2n) is 7.60. The molecule has 0 amide bonds. The lowest BCUT2D eigenvalue weighted by atomic mass is 10.0. The molecule has 0 radical (unpaired) electrons. The Bertz CT molecular complexity index is 612. The van der Waals surface area contributed by atoms with Crippen LogP contribution in [0.5, 0.6) is 0 Å². The molecule has 4 atom stereocenters. The van der Waals surface area contributed by atoms with E-state index in [0.29, 0.717) is 17.6 Å². The average Bonchev–Trinajstić information content (AvgIpc) is 2.57. The first-order valence-electron chi connectivity index (χ1n) is 9.56. The number of hydrogen-bond acceptors (Lipinski definition) is 8. The lowest BCUT2D eigenvalue weighted by Gasteiger charge is -2.40. The Balaban J connectivity index is 2.72. The van der Waals surface area contributed by atoms with Gasteiger partial charge in [0.15, 0.2) is 24.6 Å². The van der Waals surface area contributed by atoms with E-state index < -0.39 is 42.5 Å². The van der Waals surface area contributed by atoms with Gasteiger partial charge < -0.3 is 28.2 Å². The number of carbonyl (C=O) groups is 3. The fraction of sp³-hybridized carbons (Fsp3) is 0.750. The fourth-order valence-electron chi connectivity index (χ4n) is 3.02. The van der Waals surface area contributed by atoms with Crippen molar-refractivity contribution < 1.29 is 42.6 Å². The first-order valence-corrected chi connectivity index (χ1v) is 9.56. The van der Waals surface area contributed by atoms with Crippen LogP contribution in [0.3, 0.4) is 0 Å². The maximum Gasteiger partial charge on any atom is 0.303 e. The average molecular weight is 414 g/mol. The van der Waals surface area contributed by atoms with Crippen molar-refractivity contribution in [1.29, 1.82) is 0 Å². The molecule has 1 rings (SSSR count). The molecule has 0 aliphatic carbocycles. The van der Waals surface area contributed by atoms with E-state index in [0.717, 1.165) is 19.4 Å². The molecule has 1 aliphatic heterocycles. The molecule has 9 heteroatoms. The van der Waals surface area contributed by atoms with Gasteiger partial charge in [-0.05, 0) is 18.8 Å². The number of ether oxygens (including phenoxy) is 5. The molecule has 1 aliphatic rings. The predicted molar refractivity (Wildman–Crippen MR) is 102 cm³/mol.